The molecule has 13 heavy (non-hydrogen) atoms. The Balaban J connectivity index is 2.80. The van der Waals surface area contributed by atoms with E-state index >= 15 is 0 Å². The van der Waals surface area contributed by atoms with Crippen LogP contribution in [0, 0.1) is 0 Å². The second kappa shape index (κ2) is 3.38. The van der Waals surface area contributed by atoms with Crippen LogP contribution in [0.4, 0.5) is 5.82 Å². The van der Waals surface area contributed by atoms with Gasteiger partial charge in [0.1, 0.15) is 5.82 Å². The first-order valence-corrected chi connectivity index (χ1v) is 4.27. The smallest absolute Gasteiger partial charge is 0.126 e. The monoisotopic (exact) mass is 183 g/mol. The Bertz CT molecular complexity index is 291. The molecule has 1 aromatic heterocycles. The van der Waals surface area contributed by atoms with E-state index in [1.54, 1.807) is 18.0 Å². The molecule has 2 N–H and O–H groups in total. The minimum atomic E-state index is -0.206. The van der Waals surface area contributed by atoms with Gasteiger partial charge in [-0.15, -0.1) is 0 Å². The molecular weight excluding hydrogens is 166 g/mol. The maximum absolute atomic E-state index is 5.81. The average Bonchev–Trinajstić information content (AvgIpc) is 2.36. The number of hydrogen-bond donors (Lipinski definition) is 1. The highest BCUT2D eigenvalue weighted by atomic mass is 16.5. The lowest BCUT2D eigenvalue weighted by molar-refractivity contribution is 0.0226. The highest BCUT2D eigenvalue weighted by Crippen LogP contribution is 2.18. The normalized spacial score (nSPS) is 12.0. The summed E-state index contributed by atoms with van der Waals surface area (Å²) in [5.74, 6) is 0.713. The van der Waals surface area contributed by atoms with Crippen LogP contribution in [0.25, 0.3) is 0 Å². The van der Waals surface area contributed by atoms with E-state index in [4.69, 9.17) is 10.5 Å². The predicted molar refractivity (Wildman–Crippen MR) is 52.4 cm³/mol. The SMILES string of the molecule is COC(C)(C)Cc1ncn(C)c1N. The van der Waals surface area contributed by atoms with Crippen molar-refractivity contribution < 1.29 is 4.74 Å². The molecule has 4 nitrogen and oxygen atoms in total. The fourth-order valence-corrected chi connectivity index (χ4v) is 1.10. The van der Waals surface area contributed by atoms with Crippen molar-refractivity contribution in [3.8, 4) is 0 Å². The van der Waals surface area contributed by atoms with Gasteiger partial charge in [0.05, 0.1) is 17.6 Å². The lowest BCUT2D eigenvalue weighted by Crippen LogP contribution is -2.26. The molecule has 1 rings (SSSR count). The van der Waals surface area contributed by atoms with E-state index in [1.807, 2.05) is 20.9 Å². The number of aromatic nitrogens is 2. The number of anilines is 1. The zero-order chi connectivity index (χ0) is 10.1. The summed E-state index contributed by atoms with van der Waals surface area (Å²) in [6.07, 6.45) is 2.45. The lowest BCUT2D eigenvalue weighted by Gasteiger charge is -2.21. The zero-order valence-corrected chi connectivity index (χ0v) is 8.66. The second-order valence-electron chi connectivity index (χ2n) is 3.83. The van der Waals surface area contributed by atoms with E-state index in [9.17, 15) is 0 Å². The number of imidazole rings is 1. The predicted octanol–water partition coefficient (Wildman–Crippen LogP) is 0.970. The van der Waals surface area contributed by atoms with Gasteiger partial charge < -0.3 is 15.0 Å². The van der Waals surface area contributed by atoms with Gasteiger partial charge in [-0.2, -0.15) is 0 Å². The van der Waals surface area contributed by atoms with Crippen molar-refractivity contribution >= 4 is 5.82 Å². The van der Waals surface area contributed by atoms with Gasteiger partial charge in [0.15, 0.2) is 0 Å². The molecule has 0 bridgehead atoms. The molecular formula is C9H17N3O. The summed E-state index contributed by atoms with van der Waals surface area (Å²) in [7, 11) is 3.57. The number of aryl methyl sites for hydroxylation is 1. The Labute approximate surface area is 78.7 Å². The first-order valence-electron chi connectivity index (χ1n) is 4.27. The molecule has 74 valence electrons. The van der Waals surface area contributed by atoms with E-state index < -0.39 is 0 Å². The largest absolute Gasteiger partial charge is 0.384 e. The summed E-state index contributed by atoms with van der Waals surface area (Å²) in [6, 6.07) is 0. The third kappa shape index (κ3) is 2.21. The third-order valence-corrected chi connectivity index (χ3v) is 2.21. The van der Waals surface area contributed by atoms with Crippen LogP contribution in [0.1, 0.15) is 19.5 Å². The molecule has 0 fully saturated rings. The van der Waals surface area contributed by atoms with Crippen LogP contribution in [0.2, 0.25) is 0 Å². The standard InChI is InChI=1S/C9H17N3O/c1-9(2,13-4)5-7-8(10)12(3)6-11-7/h6H,5,10H2,1-4H3. The van der Waals surface area contributed by atoms with Crippen LogP contribution in [0.5, 0.6) is 0 Å². The number of hydrogen-bond acceptors (Lipinski definition) is 3. The fraction of sp³-hybridized carbons (Fsp3) is 0.667. The summed E-state index contributed by atoms with van der Waals surface area (Å²) in [5, 5.41) is 0. The maximum atomic E-state index is 5.81. The lowest BCUT2D eigenvalue weighted by atomic mass is 10.0. The van der Waals surface area contributed by atoms with Crippen LogP contribution < -0.4 is 5.73 Å². The molecule has 0 saturated carbocycles. The first kappa shape index (κ1) is 10.1. The van der Waals surface area contributed by atoms with Crippen molar-refractivity contribution in [2.24, 2.45) is 7.05 Å². The number of nitrogens with two attached hydrogens (primary N) is 1. The number of nitrogen functional groups attached to an aromatic ring is 1. The van der Waals surface area contributed by atoms with E-state index in [1.165, 1.54) is 0 Å². The molecule has 0 aliphatic heterocycles. The van der Waals surface area contributed by atoms with Crippen molar-refractivity contribution in [2.45, 2.75) is 25.9 Å². The molecule has 1 aromatic rings. The second-order valence-corrected chi connectivity index (χ2v) is 3.83. The molecule has 0 unspecified atom stereocenters. The minimum absolute atomic E-state index is 0.206. The Hall–Kier alpha value is -1.03. The van der Waals surface area contributed by atoms with Gasteiger partial charge in [-0.1, -0.05) is 0 Å². The van der Waals surface area contributed by atoms with Gasteiger partial charge in [-0.25, -0.2) is 4.98 Å². The highest BCUT2D eigenvalue weighted by molar-refractivity contribution is 5.36. The molecule has 0 aliphatic rings. The van der Waals surface area contributed by atoms with Crippen molar-refractivity contribution in [2.75, 3.05) is 12.8 Å². The molecule has 4 heteroatoms. The van der Waals surface area contributed by atoms with E-state index in [2.05, 4.69) is 4.98 Å². The summed E-state index contributed by atoms with van der Waals surface area (Å²) < 4.78 is 7.11. The molecule has 0 aromatic carbocycles. The van der Waals surface area contributed by atoms with Gasteiger partial charge in [-0.05, 0) is 13.8 Å². The van der Waals surface area contributed by atoms with Crippen LogP contribution in [-0.2, 0) is 18.2 Å². The highest BCUT2D eigenvalue weighted by Gasteiger charge is 2.20. The summed E-state index contributed by atoms with van der Waals surface area (Å²) in [4.78, 5) is 4.21. The van der Waals surface area contributed by atoms with Crippen molar-refractivity contribution in [1.82, 2.24) is 9.55 Å². The summed E-state index contributed by atoms with van der Waals surface area (Å²) in [5.41, 5.74) is 6.50. The Kier molecular flexibility index (Phi) is 2.61. The van der Waals surface area contributed by atoms with E-state index in [-0.39, 0.29) is 5.60 Å². The number of methoxy groups -OCH3 is 1. The molecule has 0 saturated heterocycles. The van der Waals surface area contributed by atoms with Crippen LogP contribution in [0.15, 0.2) is 6.33 Å². The molecule has 0 aliphatic carbocycles. The molecule has 1 heterocycles. The average molecular weight is 183 g/mol. The molecule has 0 amide bonds. The Morgan fingerprint density at radius 2 is 2.23 bits per heavy atom. The Morgan fingerprint density at radius 1 is 1.62 bits per heavy atom. The number of rotatable bonds is 3. The van der Waals surface area contributed by atoms with Crippen molar-refractivity contribution in [3.63, 3.8) is 0 Å². The zero-order valence-electron chi connectivity index (χ0n) is 8.66. The molecule has 0 atom stereocenters. The maximum Gasteiger partial charge on any atom is 0.126 e. The van der Waals surface area contributed by atoms with E-state index in [0.717, 1.165) is 12.1 Å². The topological polar surface area (TPSA) is 53.1 Å². The van der Waals surface area contributed by atoms with Gasteiger partial charge in [0, 0.05) is 20.6 Å². The van der Waals surface area contributed by atoms with Crippen LogP contribution in [-0.4, -0.2) is 22.3 Å². The number of ether oxygens (including phenoxy) is 1. The fourth-order valence-electron chi connectivity index (χ4n) is 1.10. The van der Waals surface area contributed by atoms with E-state index in [0.29, 0.717) is 5.82 Å². The first-order chi connectivity index (χ1) is 5.96. The van der Waals surface area contributed by atoms with Gasteiger partial charge >= 0.3 is 0 Å². The number of nitrogens with zero attached hydrogens (tertiary/aromatic N) is 2. The van der Waals surface area contributed by atoms with Gasteiger partial charge in [-0.3, -0.25) is 0 Å². The molecule has 0 spiro atoms. The molecule has 0 radical (unpaired) electrons. The van der Waals surface area contributed by atoms with Crippen molar-refractivity contribution in [1.29, 1.82) is 0 Å². The Morgan fingerprint density at radius 3 is 2.62 bits per heavy atom. The van der Waals surface area contributed by atoms with Crippen LogP contribution >= 0.6 is 0 Å². The van der Waals surface area contributed by atoms with Crippen molar-refractivity contribution in [3.05, 3.63) is 12.0 Å². The summed E-state index contributed by atoms with van der Waals surface area (Å²) >= 11 is 0. The van der Waals surface area contributed by atoms with Gasteiger partial charge in [0.25, 0.3) is 0 Å². The minimum Gasteiger partial charge on any atom is -0.384 e. The summed E-state index contributed by atoms with van der Waals surface area (Å²) in [6.45, 7) is 4.03. The van der Waals surface area contributed by atoms with Gasteiger partial charge in [0.2, 0.25) is 0 Å². The quantitative estimate of drug-likeness (QED) is 0.759. The van der Waals surface area contributed by atoms with Crippen LogP contribution in [0.3, 0.4) is 0 Å². The third-order valence-electron chi connectivity index (χ3n) is 2.21.